The van der Waals surface area contributed by atoms with E-state index >= 15 is 0 Å². The Morgan fingerprint density at radius 2 is 1.08 bits per heavy atom. The molecule has 0 rings (SSSR count). The lowest BCUT2D eigenvalue weighted by atomic mass is 10.1. The highest BCUT2D eigenvalue weighted by Gasteiger charge is 1.85. The van der Waals surface area contributed by atoms with Crippen LogP contribution < -0.4 is 0 Å². The predicted octanol–water partition coefficient (Wildman–Crippen LogP) is 2.83. The van der Waals surface area contributed by atoms with Crippen LogP contribution in [0.25, 0.3) is 0 Å². The van der Waals surface area contributed by atoms with Crippen LogP contribution in [0, 0.1) is 0 Å². The molecule has 0 saturated heterocycles. The maximum Gasteiger partial charge on any atom is 0.254 e. The number of hydrogen-bond donors (Lipinski definition) is 2. The molecule has 82 valence electrons. The molecule has 0 fully saturated rings. The fourth-order valence-electron chi connectivity index (χ4n) is 1.03. The van der Waals surface area contributed by atoms with Gasteiger partial charge in [-0.05, 0) is 0 Å². The second-order valence-electron chi connectivity index (χ2n) is 3.01. The lowest BCUT2D eigenvalue weighted by Gasteiger charge is -1.96. The van der Waals surface area contributed by atoms with Gasteiger partial charge in [0.05, 0.1) is 0 Å². The quantitative estimate of drug-likeness (QED) is 0.402. The van der Waals surface area contributed by atoms with Crippen molar-refractivity contribution >= 4 is 11.0 Å². The average Bonchev–Trinajstić information content (AvgIpc) is 2.03. The van der Waals surface area contributed by atoms with E-state index in [1.54, 1.807) is 0 Å². The molecule has 0 aliphatic rings. The van der Waals surface area contributed by atoms with Crippen molar-refractivity contribution in [2.75, 3.05) is 0 Å². The van der Waals surface area contributed by atoms with E-state index in [1.165, 1.54) is 44.9 Å². The third-order valence-corrected chi connectivity index (χ3v) is 1.71. The van der Waals surface area contributed by atoms with E-state index in [1.807, 2.05) is 0 Å². The molecular formula is C9H22O3S. The molecule has 13 heavy (non-hydrogen) atoms. The van der Waals surface area contributed by atoms with E-state index in [4.69, 9.17) is 13.0 Å². The molecule has 0 aliphatic heterocycles. The Kier molecular flexibility index (Phi) is 17.1. The van der Waals surface area contributed by atoms with Gasteiger partial charge in [-0.25, -0.2) is 8.42 Å². The summed E-state index contributed by atoms with van der Waals surface area (Å²) in [5.74, 6) is 0. The monoisotopic (exact) mass is 210 g/mol. The zero-order valence-electron chi connectivity index (χ0n) is 8.66. The van der Waals surface area contributed by atoms with Gasteiger partial charge in [0, 0.05) is 0 Å². The largest absolute Gasteiger partial charge is 0.288 e. The predicted molar refractivity (Wildman–Crippen MR) is 56.6 cm³/mol. The first-order chi connectivity index (χ1) is 6.15. The minimum absolute atomic E-state index is 1.37. The van der Waals surface area contributed by atoms with Crippen molar-refractivity contribution < 1.29 is 13.0 Å². The smallest absolute Gasteiger partial charge is 0.254 e. The molecule has 0 spiro atoms. The van der Waals surface area contributed by atoms with Gasteiger partial charge in [0.25, 0.3) is 11.0 Å². The first-order valence-electron chi connectivity index (χ1n) is 4.98. The van der Waals surface area contributed by atoms with Crippen LogP contribution in [-0.4, -0.2) is 13.0 Å². The topological polar surface area (TPSA) is 54.4 Å². The Bertz CT molecular complexity index is 130. The lowest BCUT2D eigenvalue weighted by Crippen LogP contribution is -1.76. The summed E-state index contributed by atoms with van der Waals surface area (Å²) in [7, 11) is -3.12. The van der Waals surface area contributed by atoms with Crippen molar-refractivity contribution in [2.24, 2.45) is 0 Å². The van der Waals surface area contributed by atoms with Crippen LogP contribution in [-0.2, 0) is 11.0 Å². The molecule has 0 heterocycles. The van der Waals surface area contributed by atoms with E-state index in [0.717, 1.165) is 0 Å². The van der Waals surface area contributed by atoms with Gasteiger partial charge in [-0.1, -0.05) is 58.8 Å². The van der Waals surface area contributed by atoms with Gasteiger partial charge in [-0.15, -0.1) is 0 Å². The highest BCUT2D eigenvalue weighted by atomic mass is 32.2. The van der Waals surface area contributed by atoms with E-state index < -0.39 is 11.0 Å². The Hall–Kier alpha value is -0.0900. The minimum Gasteiger partial charge on any atom is -0.288 e. The van der Waals surface area contributed by atoms with E-state index in [9.17, 15) is 0 Å². The number of unbranched alkanes of at least 4 members (excludes halogenated alkanes) is 6. The fourth-order valence-corrected chi connectivity index (χ4v) is 1.03. The molecule has 0 saturated carbocycles. The molecule has 0 radical (unpaired) electrons. The summed E-state index contributed by atoms with van der Waals surface area (Å²) in [6, 6.07) is 0. The molecule has 0 aromatic carbocycles. The molecule has 1 N–H and O–H groups in total. The SMILES string of the molecule is CCCCCCCCC.O=[SH](=O)O. The van der Waals surface area contributed by atoms with Crippen molar-refractivity contribution in [1.82, 2.24) is 0 Å². The van der Waals surface area contributed by atoms with Crippen molar-refractivity contribution in [1.29, 1.82) is 0 Å². The van der Waals surface area contributed by atoms with Crippen LogP contribution in [0.1, 0.15) is 58.8 Å². The van der Waals surface area contributed by atoms with Gasteiger partial charge < -0.3 is 0 Å². The van der Waals surface area contributed by atoms with Gasteiger partial charge >= 0.3 is 0 Å². The van der Waals surface area contributed by atoms with Crippen LogP contribution in [0.3, 0.4) is 0 Å². The summed E-state index contributed by atoms with van der Waals surface area (Å²) >= 11 is 0. The Balaban J connectivity index is 0. The molecule has 0 amide bonds. The van der Waals surface area contributed by atoms with Crippen molar-refractivity contribution in [3.05, 3.63) is 0 Å². The Morgan fingerprint density at radius 3 is 1.31 bits per heavy atom. The van der Waals surface area contributed by atoms with Gasteiger partial charge in [0.1, 0.15) is 0 Å². The summed E-state index contributed by atoms with van der Waals surface area (Å²) in [4.78, 5) is 0. The maximum atomic E-state index is 8.59. The third kappa shape index (κ3) is 33.5. The van der Waals surface area contributed by atoms with Gasteiger partial charge in [0.2, 0.25) is 0 Å². The minimum atomic E-state index is -3.12. The van der Waals surface area contributed by atoms with Crippen molar-refractivity contribution in [2.45, 2.75) is 58.8 Å². The molecule has 0 bridgehead atoms. The van der Waals surface area contributed by atoms with Gasteiger partial charge in [-0.2, -0.15) is 0 Å². The second kappa shape index (κ2) is 14.4. The standard InChI is InChI=1S/C9H20.H2O3S/c1-3-5-7-9-8-6-4-2;1-4(2)3/h3-9H2,1-2H3;4H,(H,1,2,3). The zero-order valence-corrected chi connectivity index (χ0v) is 9.56. The Labute approximate surface area is 83.3 Å². The van der Waals surface area contributed by atoms with Gasteiger partial charge in [-0.3, -0.25) is 4.55 Å². The van der Waals surface area contributed by atoms with Crippen LogP contribution in [0.4, 0.5) is 0 Å². The highest BCUT2D eigenvalue weighted by molar-refractivity contribution is 7.66. The third-order valence-electron chi connectivity index (χ3n) is 1.71. The molecule has 3 nitrogen and oxygen atoms in total. The van der Waals surface area contributed by atoms with E-state index in [0.29, 0.717) is 0 Å². The van der Waals surface area contributed by atoms with Gasteiger partial charge in [0.15, 0.2) is 0 Å². The van der Waals surface area contributed by atoms with E-state index in [2.05, 4.69) is 13.8 Å². The maximum absolute atomic E-state index is 8.59. The molecule has 0 aromatic rings. The first kappa shape index (κ1) is 15.4. The highest BCUT2D eigenvalue weighted by Crippen LogP contribution is 2.05. The second-order valence-corrected chi connectivity index (χ2v) is 3.48. The normalized spacial score (nSPS) is 9.54. The Morgan fingerprint density at radius 1 is 0.846 bits per heavy atom. The van der Waals surface area contributed by atoms with Crippen LogP contribution in [0.15, 0.2) is 0 Å². The van der Waals surface area contributed by atoms with E-state index in [-0.39, 0.29) is 0 Å². The van der Waals surface area contributed by atoms with Crippen LogP contribution in [0.2, 0.25) is 0 Å². The summed E-state index contributed by atoms with van der Waals surface area (Å²) in [6.07, 6.45) is 9.97. The average molecular weight is 210 g/mol. The summed E-state index contributed by atoms with van der Waals surface area (Å²) in [5.41, 5.74) is 0. The first-order valence-corrected chi connectivity index (χ1v) is 6.11. The summed E-state index contributed by atoms with van der Waals surface area (Å²) in [5, 5.41) is 0. The van der Waals surface area contributed by atoms with Crippen LogP contribution >= 0.6 is 0 Å². The summed E-state index contributed by atoms with van der Waals surface area (Å²) < 4.78 is 24.2. The fraction of sp³-hybridized carbons (Fsp3) is 1.00. The lowest BCUT2D eigenvalue weighted by molar-refractivity contribution is 0.509. The number of thiol groups is 1. The van der Waals surface area contributed by atoms with Crippen LogP contribution in [0.5, 0.6) is 0 Å². The van der Waals surface area contributed by atoms with Crippen molar-refractivity contribution in [3.8, 4) is 0 Å². The molecule has 0 aromatic heterocycles. The zero-order chi connectivity index (χ0) is 10.5. The molecule has 4 heteroatoms. The number of hydrogen-bond acceptors (Lipinski definition) is 2. The molecule has 0 unspecified atom stereocenters. The molecule has 0 atom stereocenters. The molecular weight excluding hydrogens is 188 g/mol. The number of rotatable bonds is 6. The summed E-state index contributed by atoms with van der Waals surface area (Å²) in [6.45, 7) is 4.53. The molecule has 0 aliphatic carbocycles. The van der Waals surface area contributed by atoms with Crippen molar-refractivity contribution in [3.63, 3.8) is 0 Å².